The van der Waals surface area contributed by atoms with Crippen molar-refractivity contribution >= 4 is 7.32 Å². The lowest BCUT2D eigenvalue weighted by atomic mass is 10.1. The molecule has 0 aliphatic rings. The van der Waals surface area contributed by atoms with Crippen LogP contribution in [0.25, 0.3) is 11.1 Å². The molecule has 0 radical (unpaired) electrons. The number of rotatable bonds is 3. The van der Waals surface area contributed by atoms with Gasteiger partial charge in [-0.25, -0.2) is 0 Å². The Labute approximate surface area is 130 Å². The SMILES string of the molecule is OB(O)Oc1ccccc1.c1ccc(-c2ccccc2)cc1. The molecule has 3 aromatic rings. The Bertz CT molecular complexity index is 605. The lowest BCUT2D eigenvalue weighted by Gasteiger charge is -2.01. The van der Waals surface area contributed by atoms with Crippen LogP contribution in [0.5, 0.6) is 5.75 Å². The van der Waals surface area contributed by atoms with E-state index < -0.39 is 7.32 Å². The second-order valence-electron chi connectivity index (χ2n) is 4.49. The first kappa shape index (κ1) is 15.8. The zero-order valence-electron chi connectivity index (χ0n) is 12.0. The van der Waals surface area contributed by atoms with E-state index >= 15 is 0 Å². The van der Waals surface area contributed by atoms with Gasteiger partial charge in [-0.05, 0) is 23.3 Å². The summed E-state index contributed by atoms with van der Waals surface area (Å²) in [4.78, 5) is 0. The minimum atomic E-state index is -1.73. The van der Waals surface area contributed by atoms with Crippen molar-refractivity contribution in [2.24, 2.45) is 0 Å². The molecule has 0 amide bonds. The van der Waals surface area contributed by atoms with Crippen LogP contribution in [-0.2, 0) is 0 Å². The predicted octanol–water partition coefficient (Wildman–Crippen LogP) is 3.39. The highest BCUT2D eigenvalue weighted by atomic mass is 16.6. The maximum absolute atomic E-state index is 8.34. The lowest BCUT2D eigenvalue weighted by Crippen LogP contribution is -2.20. The Balaban J connectivity index is 0.000000164. The molecule has 0 fully saturated rings. The van der Waals surface area contributed by atoms with Gasteiger partial charge in [0, 0.05) is 0 Å². The van der Waals surface area contributed by atoms with E-state index in [2.05, 4.69) is 53.2 Å². The molecule has 0 spiro atoms. The summed E-state index contributed by atoms with van der Waals surface area (Å²) in [5, 5.41) is 16.7. The van der Waals surface area contributed by atoms with Gasteiger partial charge in [0.05, 0.1) is 0 Å². The third kappa shape index (κ3) is 5.44. The Kier molecular flexibility index (Phi) is 6.24. The number of hydrogen-bond acceptors (Lipinski definition) is 3. The molecule has 0 heterocycles. The van der Waals surface area contributed by atoms with Gasteiger partial charge in [-0.3, -0.25) is 0 Å². The minimum Gasteiger partial charge on any atom is -0.512 e. The van der Waals surface area contributed by atoms with Crippen molar-refractivity contribution in [3.8, 4) is 16.9 Å². The molecule has 3 rings (SSSR count). The van der Waals surface area contributed by atoms with Crippen molar-refractivity contribution in [1.29, 1.82) is 0 Å². The normalized spacial score (nSPS) is 9.36. The molecule has 3 nitrogen and oxygen atoms in total. The van der Waals surface area contributed by atoms with Crippen LogP contribution in [-0.4, -0.2) is 17.4 Å². The van der Waals surface area contributed by atoms with Crippen molar-refractivity contribution in [3.63, 3.8) is 0 Å². The molecule has 22 heavy (non-hydrogen) atoms. The van der Waals surface area contributed by atoms with Crippen LogP contribution in [0.3, 0.4) is 0 Å². The van der Waals surface area contributed by atoms with Gasteiger partial charge in [0.2, 0.25) is 0 Å². The first-order valence-electron chi connectivity index (χ1n) is 6.94. The lowest BCUT2D eigenvalue weighted by molar-refractivity contribution is 0.288. The van der Waals surface area contributed by atoms with Gasteiger partial charge >= 0.3 is 7.32 Å². The molecule has 0 bridgehead atoms. The third-order valence-electron chi connectivity index (χ3n) is 2.87. The van der Waals surface area contributed by atoms with E-state index in [-0.39, 0.29) is 0 Å². The van der Waals surface area contributed by atoms with E-state index in [1.54, 1.807) is 24.3 Å². The minimum absolute atomic E-state index is 0.442. The summed E-state index contributed by atoms with van der Waals surface area (Å²) in [6.07, 6.45) is 0. The first-order valence-corrected chi connectivity index (χ1v) is 6.94. The first-order chi connectivity index (χ1) is 10.8. The second kappa shape index (κ2) is 8.67. The van der Waals surface area contributed by atoms with E-state index in [0.717, 1.165) is 0 Å². The number of benzene rings is 3. The summed E-state index contributed by atoms with van der Waals surface area (Å²) in [7, 11) is -1.73. The van der Waals surface area contributed by atoms with Crippen molar-refractivity contribution in [2.45, 2.75) is 0 Å². The molecule has 0 saturated carbocycles. The smallest absolute Gasteiger partial charge is 0.512 e. The van der Waals surface area contributed by atoms with Crippen LogP contribution >= 0.6 is 0 Å². The largest absolute Gasteiger partial charge is 0.707 e. The van der Waals surface area contributed by atoms with Gasteiger partial charge in [0.1, 0.15) is 5.75 Å². The standard InChI is InChI=1S/C12H10.C6H7BO3/c1-3-7-11(8-4-1)12-9-5-2-6-10-12;8-7(9)10-6-4-2-1-3-5-6/h1-10H;1-5,8-9H. The van der Waals surface area contributed by atoms with Crippen molar-refractivity contribution < 1.29 is 14.7 Å². The van der Waals surface area contributed by atoms with Crippen molar-refractivity contribution in [3.05, 3.63) is 91.0 Å². The van der Waals surface area contributed by atoms with Crippen LogP contribution in [0.4, 0.5) is 0 Å². The fourth-order valence-corrected chi connectivity index (χ4v) is 1.88. The van der Waals surface area contributed by atoms with Gasteiger partial charge in [-0.15, -0.1) is 0 Å². The van der Waals surface area contributed by atoms with Gasteiger partial charge in [-0.2, -0.15) is 0 Å². The van der Waals surface area contributed by atoms with Crippen LogP contribution in [0.1, 0.15) is 0 Å². The molecule has 0 aromatic heterocycles. The Morgan fingerprint density at radius 1 is 0.545 bits per heavy atom. The summed E-state index contributed by atoms with van der Waals surface area (Å²) >= 11 is 0. The highest BCUT2D eigenvalue weighted by Crippen LogP contribution is 2.17. The van der Waals surface area contributed by atoms with Crippen molar-refractivity contribution in [1.82, 2.24) is 0 Å². The topological polar surface area (TPSA) is 49.7 Å². The monoisotopic (exact) mass is 292 g/mol. The van der Waals surface area contributed by atoms with Gasteiger partial charge in [0.15, 0.2) is 0 Å². The molecular weight excluding hydrogens is 275 g/mol. The van der Waals surface area contributed by atoms with E-state index in [9.17, 15) is 0 Å². The van der Waals surface area contributed by atoms with Crippen LogP contribution < -0.4 is 4.65 Å². The Hall–Kier alpha value is -2.56. The highest BCUT2D eigenvalue weighted by molar-refractivity contribution is 6.33. The molecule has 0 atom stereocenters. The molecule has 0 aliphatic carbocycles. The summed E-state index contributed by atoms with van der Waals surface area (Å²) in [5.41, 5.74) is 2.55. The second-order valence-corrected chi connectivity index (χ2v) is 4.49. The number of para-hydroxylation sites is 1. The maximum Gasteiger partial charge on any atom is 0.707 e. The van der Waals surface area contributed by atoms with Gasteiger partial charge in [-0.1, -0.05) is 78.9 Å². The molecule has 4 heteroatoms. The Morgan fingerprint density at radius 2 is 0.909 bits per heavy atom. The average Bonchev–Trinajstić information content (AvgIpc) is 2.57. The highest BCUT2D eigenvalue weighted by Gasteiger charge is 2.09. The Morgan fingerprint density at radius 3 is 1.27 bits per heavy atom. The molecule has 2 N–H and O–H groups in total. The van der Waals surface area contributed by atoms with Crippen LogP contribution in [0.15, 0.2) is 91.0 Å². The fraction of sp³-hybridized carbons (Fsp3) is 0. The molecule has 0 aliphatic heterocycles. The molecule has 0 unspecified atom stereocenters. The molecule has 0 saturated heterocycles. The van der Waals surface area contributed by atoms with E-state index in [4.69, 9.17) is 10.0 Å². The number of hydrogen-bond donors (Lipinski definition) is 2. The fourth-order valence-electron chi connectivity index (χ4n) is 1.88. The van der Waals surface area contributed by atoms with Gasteiger partial charge < -0.3 is 14.7 Å². The zero-order chi connectivity index (χ0) is 15.6. The third-order valence-corrected chi connectivity index (χ3v) is 2.87. The summed E-state index contributed by atoms with van der Waals surface area (Å²) in [6.45, 7) is 0. The van der Waals surface area contributed by atoms with E-state index in [0.29, 0.717) is 5.75 Å². The predicted molar refractivity (Wildman–Crippen MR) is 89.1 cm³/mol. The van der Waals surface area contributed by atoms with Crippen molar-refractivity contribution in [2.75, 3.05) is 0 Å². The van der Waals surface area contributed by atoms with Crippen LogP contribution in [0.2, 0.25) is 0 Å². The van der Waals surface area contributed by atoms with E-state index in [1.807, 2.05) is 18.2 Å². The average molecular weight is 292 g/mol. The molecule has 110 valence electrons. The zero-order valence-corrected chi connectivity index (χ0v) is 12.0. The van der Waals surface area contributed by atoms with Crippen LogP contribution in [0, 0.1) is 0 Å². The van der Waals surface area contributed by atoms with E-state index in [1.165, 1.54) is 11.1 Å². The quantitative estimate of drug-likeness (QED) is 0.727. The maximum atomic E-state index is 8.34. The summed E-state index contributed by atoms with van der Waals surface area (Å²) in [6, 6.07) is 29.4. The molecule has 3 aromatic carbocycles. The molecular formula is C18H17BO3. The summed E-state index contributed by atoms with van der Waals surface area (Å²) in [5.74, 6) is 0.442. The van der Waals surface area contributed by atoms with Gasteiger partial charge in [0.25, 0.3) is 0 Å². The summed E-state index contributed by atoms with van der Waals surface area (Å²) < 4.78 is 4.53.